The second kappa shape index (κ2) is 7.37. The predicted octanol–water partition coefficient (Wildman–Crippen LogP) is 4.92. The number of fused-ring (bicyclic) bond motifs is 3. The smallest absolute Gasteiger partial charge is 0.335 e. The van der Waals surface area contributed by atoms with E-state index in [1.54, 1.807) is 36.4 Å². The Balaban J connectivity index is 1.62. The highest BCUT2D eigenvalue weighted by molar-refractivity contribution is 6.07. The molecule has 0 bridgehead atoms. The lowest BCUT2D eigenvalue weighted by molar-refractivity contribution is 0.0696. The summed E-state index contributed by atoms with van der Waals surface area (Å²) in [5.41, 5.74) is 5.50. The number of benzene rings is 3. The fraction of sp³-hybridized carbons (Fsp3) is 0.160. The molecule has 0 radical (unpaired) electrons. The molecule has 0 saturated carbocycles. The zero-order valence-corrected chi connectivity index (χ0v) is 16.5. The van der Waals surface area contributed by atoms with Crippen LogP contribution >= 0.6 is 0 Å². The van der Waals surface area contributed by atoms with Gasteiger partial charge in [-0.2, -0.15) is 10.4 Å². The molecule has 0 unspecified atom stereocenters. The third-order valence-corrected chi connectivity index (χ3v) is 6.04. The molecule has 5 rings (SSSR count). The summed E-state index contributed by atoms with van der Waals surface area (Å²) in [6.07, 6.45) is 1.56. The van der Waals surface area contributed by atoms with Gasteiger partial charge >= 0.3 is 5.97 Å². The number of carboxylic acids is 1. The van der Waals surface area contributed by atoms with Gasteiger partial charge in [0.1, 0.15) is 5.82 Å². The molecular formula is C25H18FN3O2. The van der Waals surface area contributed by atoms with Crippen LogP contribution in [0.5, 0.6) is 0 Å². The molecule has 152 valence electrons. The Kier molecular flexibility index (Phi) is 4.52. The summed E-state index contributed by atoms with van der Waals surface area (Å²) in [6, 6.07) is 20.9. The Hall–Kier alpha value is -3.98. The summed E-state index contributed by atoms with van der Waals surface area (Å²) in [6.45, 7) is 0. The van der Waals surface area contributed by atoms with Gasteiger partial charge in [0, 0.05) is 11.5 Å². The fourth-order valence-corrected chi connectivity index (χ4v) is 4.56. The zero-order chi connectivity index (χ0) is 21.5. The molecule has 3 aromatic carbocycles. The van der Waals surface area contributed by atoms with Crippen molar-refractivity contribution in [2.75, 3.05) is 5.01 Å². The van der Waals surface area contributed by atoms with Crippen molar-refractivity contribution in [3.63, 3.8) is 0 Å². The lowest BCUT2D eigenvalue weighted by atomic mass is 9.77. The molecule has 1 aliphatic heterocycles. The van der Waals surface area contributed by atoms with Gasteiger partial charge in [0.05, 0.1) is 34.6 Å². The standard InChI is InChI=1S/C25H18FN3O2/c26-19-7-3-16(4-8-19)24-22-12-5-17-13-18(25(30)31)6-11-21(17)23(22)28-29(24)20-9-1-15(14-27)2-10-20/h1-4,6-11,13,22,24H,5,12H2,(H,30,31)/t22-,24-/m0/s1. The van der Waals surface area contributed by atoms with Crippen LogP contribution in [-0.4, -0.2) is 16.8 Å². The number of nitrogens with zero attached hydrogens (tertiary/aromatic N) is 3. The highest BCUT2D eigenvalue weighted by Gasteiger charge is 2.42. The van der Waals surface area contributed by atoms with Crippen molar-refractivity contribution in [1.29, 1.82) is 5.26 Å². The molecule has 3 aromatic rings. The van der Waals surface area contributed by atoms with Crippen LogP contribution in [0.1, 0.15) is 45.1 Å². The monoisotopic (exact) mass is 411 g/mol. The van der Waals surface area contributed by atoms with E-state index in [0.29, 0.717) is 5.56 Å². The van der Waals surface area contributed by atoms with Gasteiger partial charge in [-0.1, -0.05) is 18.2 Å². The van der Waals surface area contributed by atoms with Crippen molar-refractivity contribution < 1.29 is 14.3 Å². The number of aromatic carboxylic acids is 1. The van der Waals surface area contributed by atoms with Crippen molar-refractivity contribution in [3.05, 3.63) is 100 Å². The Labute approximate surface area is 178 Å². The highest BCUT2D eigenvalue weighted by atomic mass is 19.1. The van der Waals surface area contributed by atoms with Crippen molar-refractivity contribution in [3.8, 4) is 6.07 Å². The first-order valence-electron chi connectivity index (χ1n) is 10.0. The zero-order valence-electron chi connectivity index (χ0n) is 16.5. The van der Waals surface area contributed by atoms with Crippen LogP contribution in [0.25, 0.3) is 0 Å². The van der Waals surface area contributed by atoms with Gasteiger partial charge in [-0.3, -0.25) is 5.01 Å². The number of aryl methyl sites for hydroxylation is 1. The summed E-state index contributed by atoms with van der Waals surface area (Å²) < 4.78 is 13.6. The molecule has 31 heavy (non-hydrogen) atoms. The Bertz CT molecular complexity index is 1240. The maximum absolute atomic E-state index is 13.6. The average Bonchev–Trinajstić information content (AvgIpc) is 3.19. The van der Waals surface area contributed by atoms with Gasteiger partial charge in [0.2, 0.25) is 0 Å². The van der Waals surface area contributed by atoms with Crippen molar-refractivity contribution in [2.24, 2.45) is 11.0 Å². The van der Waals surface area contributed by atoms with Gasteiger partial charge in [-0.25, -0.2) is 9.18 Å². The summed E-state index contributed by atoms with van der Waals surface area (Å²) >= 11 is 0. The maximum atomic E-state index is 13.6. The van der Waals surface area contributed by atoms with Crippen molar-refractivity contribution in [1.82, 2.24) is 0 Å². The summed E-state index contributed by atoms with van der Waals surface area (Å²) in [5.74, 6) is -1.14. The molecule has 2 aliphatic rings. The number of anilines is 1. The number of rotatable bonds is 3. The van der Waals surface area contributed by atoms with Gasteiger partial charge < -0.3 is 5.11 Å². The van der Waals surface area contributed by atoms with Crippen LogP contribution in [-0.2, 0) is 6.42 Å². The summed E-state index contributed by atoms with van der Waals surface area (Å²) in [7, 11) is 0. The normalized spacial score (nSPS) is 19.2. The minimum Gasteiger partial charge on any atom is -0.478 e. The van der Waals surface area contributed by atoms with E-state index in [1.165, 1.54) is 12.1 Å². The predicted molar refractivity (Wildman–Crippen MR) is 115 cm³/mol. The largest absolute Gasteiger partial charge is 0.478 e. The van der Waals surface area contributed by atoms with E-state index in [0.717, 1.165) is 40.9 Å². The van der Waals surface area contributed by atoms with Gasteiger partial charge in [-0.15, -0.1) is 0 Å². The number of hydrogen-bond donors (Lipinski definition) is 1. The number of carbonyl (C=O) groups is 1. The quantitative estimate of drug-likeness (QED) is 0.663. The third kappa shape index (κ3) is 3.24. The van der Waals surface area contributed by atoms with Crippen LogP contribution in [0.3, 0.4) is 0 Å². The van der Waals surface area contributed by atoms with E-state index in [-0.39, 0.29) is 23.3 Å². The topological polar surface area (TPSA) is 76.7 Å². The Morgan fingerprint density at radius 3 is 2.52 bits per heavy atom. The van der Waals surface area contributed by atoms with Crippen LogP contribution in [0.4, 0.5) is 10.1 Å². The number of hydrazone groups is 1. The molecule has 0 saturated heterocycles. The lowest BCUT2D eigenvalue weighted by Gasteiger charge is -2.30. The molecule has 1 heterocycles. The summed E-state index contributed by atoms with van der Waals surface area (Å²) in [4.78, 5) is 11.4. The molecule has 0 fully saturated rings. The second-order valence-electron chi connectivity index (χ2n) is 7.81. The Morgan fingerprint density at radius 1 is 1.10 bits per heavy atom. The SMILES string of the molecule is N#Cc1ccc(N2N=C3c4ccc(C(=O)O)cc4CC[C@@H]3[C@@H]2c2ccc(F)cc2)cc1. The van der Waals surface area contributed by atoms with E-state index in [9.17, 15) is 14.3 Å². The lowest BCUT2D eigenvalue weighted by Crippen LogP contribution is -2.29. The van der Waals surface area contributed by atoms with E-state index < -0.39 is 5.97 Å². The van der Waals surface area contributed by atoms with Crippen LogP contribution < -0.4 is 5.01 Å². The first-order chi connectivity index (χ1) is 15.0. The molecule has 0 spiro atoms. The summed E-state index contributed by atoms with van der Waals surface area (Å²) in [5, 5.41) is 25.3. The molecule has 5 nitrogen and oxygen atoms in total. The van der Waals surface area contributed by atoms with E-state index in [1.807, 2.05) is 23.2 Å². The van der Waals surface area contributed by atoms with Gasteiger partial charge in [0.15, 0.2) is 0 Å². The number of nitriles is 1. The average molecular weight is 411 g/mol. The first-order valence-corrected chi connectivity index (χ1v) is 10.0. The van der Waals surface area contributed by atoms with Gasteiger partial charge in [-0.05, 0) is 72.5 Å². The minimum atomic E-state index is -0.943. The first kappa shape index (κ1) is 19.0. The molecule has 2 atom stereocenters. The van der Waals surface area contributed by atoms with E-state index in [2.05, 4.69) is 6.07 Å². The molecule has 1 N–H and O–H groups in total. The van der Waals surface area contributed by atoms with Gasteiger partial charge in [0.25, 0.3) is 0 Å². The Morgan fingerprint density at radius 2 is 1.84 bits per heavy atom. The van der Waals surface area contributed by atoms with Crippen LogP contribution in [0, 0.1) is 23.1 Å². The minimum absolute atomic E-state index is 0.0873. The molecule has 0 aromatic heterocycles. The number of hydrogen-bond acceptors (Lipinski definition) is 4. The maximum Gasteiger partial charge on any atom is 0.335 e. The van der Waals surface area contributed by atoms with Crippen LogP contribution in [0.15, 0.2) is 71.8 Å². The fourth-order valence-electron chi connectivity index (χ4n) is 4.56. The molecular weight excluding hydrogens is 393 g/mol. The molecule has 6 heteroatoms. The number of halogens is 1. The van der Waals surface area contributed by atoms with Crippen LogP contribution in [0.2, 0.25) is 0 Å². The second-order valence-corrected chi connectivity index (χ2v) is 7.81. The van der Waals surface area contributed by atoms with E-state index in [4.69, 9.17) is 10.4 Å². The van der Waals surface area contributed by atoms with E-state index >= 15 is 0 Å². The van der Waals surface area contributed by atoms with Crippen molar-refractivity contribution >= 4 is 17.4 Å². The molecule has 0 amide bonds. The number of carboxylic acid groups (broad SMARTS) is 1. The highest BCUT2D eigenvalue weighted by Crippen LogP contribution is 2.45. The third-order valence-electron chi connectivity index (χ3n) is 6.04. The van der Waals surface area contributed by atoms with Crippen molar-refractivity contribution in [2.45, 2.75) is 18.9 Å². The molecule has 1 aliphatic carbocycles.